The molecule has 0 aromatic heterocycles. The van der Waals surface area contributed by atoms with Gasteiger partial charge in [0.05, 0.1) is 5.56 Å². The second-order valence-corrected chi connectivity index (χ2v) is 5.38. The number of alkyl halides is 3. The highest BCUT2D eigenvalue weighted by Gasteiger charge is 2.33. The zero-order chi connectivity index (χ0) is 15.6. The maximum atomic E-state index is 12.6. The summed E-state index contributed by atoms with van der Waals surface area (Å²) in [4.78, 5) is 13.2. The number of likely N-dealkylation sites (tertiary alicyclic amines) is 1. The van der Waals surface area contributed by atoms with Gasteiger partial charge in [0, 0.05) is 6.04 Å². The van der Waals surface area contributed by atoms with E-state index < -0.39 is 23.8 Å². The lowest BCUT2D eigenvalue weighted by Gasteiger charge is -2.37. The zero-order valence-electron chi connectivity index (χ0n) is 11.7. The van der Waals surface area contributed by atoms with Crippen molar-refractivity contribution in [3.8, 4) is 0 Å². The van der Waals surface area contributed by atoms with Crippen molar-refractivity contribution in [2.75, 3.05) is 6.54 Å². The Hall–Kier alpha value is -1.56. The maximum absolute atomic E-state index is 12.6. The predicted octanol–water partition coefficient (Wildman–Crippen LogP) is 3.71. The van der Waals surface area contributed by atoms with Crippen LogP contribution in [-0.2, 0) is 11.0 Å². The molecule has 1 N–H and O–H groups in total. The van der Waals surface area contributed by atoms with Gasteiger partial charge in [-0.1, -0.05) is 18.6 Å². The molecule has 1 aromatic rings. The number of rotatable bonds is 3. The smallest absolute Gasteiger partial charge is 0.416 e. The van der Waals surface area contributed by atoms with Gasteiger partial charge in [0.2, 0.25) is 0 Å². The quantitative estimate of drug-likeness (QED) is 0.925. The summed E-state index contributed by atoms with van der Waals surface area (Å²) < 4.78 is 37.7. The molecular formula is C15H18F3NO2. The highest BCUT2D eigenvalue weighted by Crippen LogP contribution is 2.32. The highest BCUT2D eigenvalue weighted by molar-refractivity contribution is 5.73. The van der Waals surface area contributed by atoms with E-state index in [-0.39, 0.29) is 6.04 Å². The molecule has 3 nitrogen and oxygen atoms in total. The molecule has 0 bridgehead atoms. The molecule has 0 aliphatic carbocycles. The summed E-state index contributed by atoms with van der Waals surface area (Å²) in [6.45, 7) is 2.49. The number of halogens is 3. The first kappa shape index (κ1) is 15.8. The minimum atomic E-state index is -4.35. The summed E-state index contributed by atoms with van der Waals surface area (Å²) in [6.07, 6.45) is -1.99. The summed E-state index contributed by atoms with van der Waals surface area (Å²) in [6, 6.07) is 4.18. The van der Waals surface area contributed by atoms with Gasteiger partial charge in [-0.15, -0.1) is 0 Å². The Balaban J connectivity index is 2.18. The molecule has 1 aliphatic heterocycles. The molecular weight excluding hydrogens is 283 g/mol. The molecule has 0 radical (unpaired) electrons. The van der Waals surface area contributed by atoms with E-state index in [4.69, 9.17) is 0 Å². The zero-order valence-corrected chi connectivity index (χ0v) is 11.7. The molecule has 2 atom stereocenters. The van der Waals surface area contributed by atoms with E-state index in [1.807, 2.05) is 11.8 Å². The molecule has 2 unspecified atom stereocenters. The average Bonchev–Trinajstić information content (AvgIpc) is 2.45. The van der Waals surface area contributed by atoms with Gasteiger partial charge in [-0.25, -0.2) is 0 Å². The van der Waals surface area contributed by atoms with Crippen LogP contribution in [0.5, 0.6) is 0 Å². The van der Waals surface area contributed by atoms with Gasteiger partial charge < -0.3 is 5.11 Å². The molecule has 2 rings (SSSR count). The summed E-state index contributed by atoms with van der Waals surface area (Å²) in [5.74, 6) is -0.867. The first-order valence-electron chi connectivity index (χ1n) is 6.96. The van der Waals surface area contributed by atoms with Crippen LogP contribution in [0.15, 0.2) is 24.3 Å². The molecule has 1 saturated heterocycles. The number of hydrogen-bond acceptors (Lipinski definition) is 2. The molecule has 1 aliphatic rings. The molecule has 1 heterocycles. The normalized spacial score (nSPS) is 22.0. The summed E-state index contributed by atoms with van der Waals surface area (Å²) in [5.41, 5.74) is 0.0167. The number of piperidine rings is 1. The van der Waals surface area contributed by atoms with Crippen molar-refractivity contribution in [1.82, 2.24) is 4.90 Å². The lowest BCUT2D eigenvalue weighted by atomic mass is 9.96. The second kappa shape index (κ2) is 6.05. The lowest BCUT2D eigenvalue weighted by molar-refractivity contribution is -0.145. The Morgan fingerprint density at radius 2 is 1.90 bits per heavy atom. The van der Waals surface area contributed by atoms with E-state index in [1.165, 1.54) is 12.1 Å². The Morgan fingerprint density at radius 3 is 2.43 bits per heavy atom. The van der Waals surface area contributed by atoms with Gasteiger partial charge in [0.15, 0.2) is 0 Å². The first-order valence-corrected chi connectivity index (χ1v) is 6.96. The molecule has 21 heavy (non-hydrogen) atoms. The van der Waals surface area contributed by atoms with Gasteiger partial charge in [-0.3, -0.25) is 9.69 Å². The molecule has 0 amide bonds. The van der Waals surface area contributed by atoms with Crippen LogP contribution in [0, 0.1) is 0 Å². The minimum Gasteiger partial charge on any atom is -0.480 e. The van der Waals surface area contributed by atoms with Crippen LogP contribution in [0.3, 0.4) is 0 Å². The monoisotopic (exact) mass is 301 g/mol. The molecule has 1 fully saturated rings. The van der Waals surface area contributed by atoms with Crippen LogP contribution in [-0.4, -0.2) is 28.6 Å². The number of carboxylic acid groups (broad SMARTS) is 1. The van der Waals surface area contributed by atoms with Gasteiger partial charge in [-0.05, 0) is 44.0 Å². The SMILES string of the molecule is CC(c1ccc(C(F)(F)F)cc1)N1CCCCC1C(=O)O. The van der Waals surface area contributed by atoms with E-state index in [0.29, 0.717) is 18.5 Å². The highest BCUT2D eigenvalue weighted by atomic mass is 19.4. The molecule has 116 valence electrons. The van der Waals surface area contributed by atoms with E-state index in [9.17, 15) is 23.1 Å². The second-order valence-electron chi connectivity index (χ2n) is 5.38. The maximum Gasteiger partial charge on any atom is 0.416 e. The van der Waals surface area contributed by atoms with Crippen LogP contribution in [0.2, 0.25) is 0 Å². The van der Waals surface area contributed by atoms with Gasteiger partial charge in [0.1, 0.15) is 6.04 Å². The predicted molar refractivity (Wildman–Crippen MR) is 71.8 cm³/mol. The number of aliphatic carboxylic acids is 1. The standard InChI is InChI=1S/C15H18F3NO2/c1-10(19-9-3-2-4-13(19)14(20)21)11-5-7-12(8-6-11)15(16,17)18/h5-8,10,13H,2-4,9H2,1H3,(H,20,21). The van der Waals surface area contributed by atoms with E-state index in [0.717, 1.165) is 25.0 Å². The average molecular weight is 301 g/mol. The fourth-order valence-electron chi connectivity index (χ4n) is 2.82. The Labute approximate surface area is 121 Å². The van der Waals surface area contributed by atoms with Crippen LogP contribution in [0.25, 0.3) is 0 Å². The van der Waals surface area contributed by atoms with Crippen LogP contribution in [0.4, 0.5) is 13.2 Å². The van der Waals surface area contributed by atoms with Crippen LogP contribution >= 0.6 is 0 Å². The fraction of sp³-hybridized carbons (Fsp3) is 0.533. The van der Waals surface area contributed by atoms with Gasteiger partial charge >= 0.3 is 12.1 Å². The third-order valence-electron chi connectivity index (χ3n) is 4.05. The van der Waals surface area contributed by atoms with Crippen molar-refractivity contribution in [3.63, 3.8) is 0 Å². The Morgan fingerprint density at radius 1 is 1.29 bits per heavy atom. The molecule has 0 saturated carbocycles. The summed E-state index contributed by atoms with van der Waals surface area (Å²) in [7, 11) is 0. The van der Waals surface area contributed by atoms with Gasteiger partial charge in [0.25, 0.3) is 0 Å². The summed E-state index contributed by atoms with van der Waals surface area (Å²) in [5, 5.41) is 9.26. The van der Waals surface area contributed by atoms with Crippen LogP contribution in [0.1, 0.15) is 43.4 Å². The van der Waals surface area contributed by atoms with E-state index >= 15 is 0 Å². The number of carbonyl (C=O) groups is 1. The number of benzene rings is 1. The first-order chi connectivity index (χ1) is 9.80. The Kier molecular flexibility index (Phi) is 4.56. The third kappa shape index (κ3) is 3.56. The van der Waals surface area contributed by atoms with E-state index in [1.54, 1.807) is 0 Å². The minimum absolute atomic E-state index is 0.214. The van der Waals surface area contributed by atoms with Crippen molar-refractivity contribution in [2.24, 2.45) is 0 Å². The molecule has 6 heteroatoms. The van der Waals surface area contributed by atoms with Crippen molar-refractivity contribution in [3.05, 3.63) is 35.4 Å². The van der Waals surface area contributed by atoms with Crippen LogP contribution < -0.4 is 0 Å². The summed E-state index contributed by atoms with van der Waals surface area (Å²) >= 11 is 0. The van der Waals surface area contributed by atoms with Crippen molar-refractivity contribution in [2.45, 2.75) is 44.4 Å². The third-order valence-corrected chi connectivity index (χ3v) is 4.05. The number of nitrogens with zero attached hydrogens (tertiary/aromatic N) is 1. The number of hydrogen-bond donors (Lipinski definition) is 1. The Bertz CT molecular complexity index is 499. The largest absolute Gasteiger partial charge is 0.480 e. The van der Waals surface area contributed by atoms with Crippen molar-refractivity contribution < 1.29 is 23.1 Å². The number of carboxylic acids is 1. The molecule has 0 spiro atoms. The molecule has 1 aromatic carbocycles. The fourth-order valence-corrected chi connectivity index (χ4v) is 2.82. The lowest BCUT2D eigenvalue weighted by Crippen LogP contribution is -2.45. The van der Waals surface area contributed by atoms with Crippen molar-refractivity contribution in [1.29, 1.82) is 0 Å². The van der Waals surface area contributed by atoms with Crippen molar-refractivity contribution >= 4 is 5.97 Å². The topological polar surface area (TPSA) is 40.5 Å². The van der Waals surface area contributed by atoms with Gasteiger partial charge in [-0.2, -0.15) is 13.2 Å². The van der Waals surface area contributed by atoms with E-state index in [2.05, 4.69) is 0 Å².